The van der Waals surface area contributed by atoms with Crippen LogP contribution in [0.1, 0.15) is 7.43 Å². The zero-order valence-electron chi connectivity index (χ0n) is 5.86. The van der Waals surface area contributed by atoms with Crippen molar-refractivity contribution < 1.29 is 0 Å². The van der Waals surface area contributed by atoms with E-state index in [2.05, 4.69) is 19.9 Å². The third kappa shape index (κ3) is 6.88. The molecule has 5 heteroatoms. The van der Waals surface area contributed by atoms with Crippen molar-refractivity contribution in [1.29, 1.82) is 0 Å². The molecule has 68 valence electrons. The van der Waals surface area contributed by atoms with E-state index in [9.17, 15) is 0 Å². The average molecular weight is 186 g/mol. The van der Waals surface area contributed by atoms with Gasteiger partial charge in [-0.1, -0.05) is 7.43 Å². The van der Waals surface area contributed by atoms with E-state index in [0.29, 0.717) is 0 Å². The molecule has 2 aromatic heterocycles. The summed E-state index contributed by atoms with van der Waals surface area (Å²) < 4.78 is 0. The Kier molecular flexibility index (Phi) is 10.9. The van der Waals surface area contributed by atoms with E-state index in [1.807, 2.05) is 0 Å². The summed E-state index contributed by atoms with van der Waals surface area (Å²) in [6.07, 6.45) is 10.2. The lowest BCUT2D eigenvalue weighted by atomic mass is 11.0. The molecule has 0 aromatic carbocycles. The maximum atomic E-state index is 3.67. The van der Waals surface area contributed by atoms with Crippen molar-refractivity contribution in [2.45, 2.75) is 7.43 Å². The van der Waals surface area contributed by atoms with Gasteiger partial charge < -0.3 is 9.97 Å². The summed E-state index contributed by atoms with van der Waals surface area (Å²) in [5, 5.41) is 0. The molecule has 0 fully saturated rings. The molecule has 2 aromatic rings. The molecule has 0 saturated heterocycles. The highest BCUT2D eigenvalue weighted by Gasteiger charge is 1.56. The van der Waals surface area contributed by atoms with Gasteiger partial charge in [0.15, 0.2) is 0 Å². The molecule has 2 rings (SSSR count). The summed E-state index contributed by atoms with van der Waals surface area (Å²) in [5.74, 6) is 0. The topological polar surface area (TPSA) is 57.4 Å². The van der Waals surface area contributed by atoms with Crippen LogP contribution in [0, 0.1) is 0 Å². The van der Waals surface area contributed by atoms with E-state index in [-0.39, 0.29) is 20.9 Å². The summed E-state index contributed by atoms with van der Waals surface area (Å²) in [6.45, 7) is 0. The Bertz CT molecular complexity index is 155. The highest BCUT2D eigenvalue weighted by atomic mass is 32.1. The van der Waals surface area contributed by atoms with Crippen LogP contribution in [0.15, 0.2) is 37.4 Å². The lowest BCUT2D eigenvalue weighted by Gasteiger charge is -1.46. The van der Waals surface area contributed by atoms with E-state index in [1.54, 1.807) is 37.4 Å². The fourth-order valence-corrected chi connectivity index (χ4v) is 0.430. The molecule has 0 spiro atoms. The molecule has 0 aliphatic rings. The van der Waals surface area contributed by atoms with Gasteiger partial charge in [-0.3, -0.25) is 0 Å². The second kappa shape index (κ2) is 9.77. The summed E-state index contributed by atoms with van der Waals surface area (Å²) in [6, 6.07) is 0. The number of H-pyrrole nitrogens is 2. The lowest BCUT2D eigenvalue weighted by Crippen LogP contribution is -1.44. The molecule has 2 N–H and O–H groups in total. The van der Waals surface area contributed by atoms with Gasteiger partial charge in [-0.2, -0.15) is 13.5 Å². The van der Waals surface area contributed by atoms with Crippen molar-refractivity contribution in [1.82, 2.24) is 19.9 Å². The number of aromatic nitrogens is 4. The van der Waals surface area contributed by atoms with Crippen LogP contribution in [-0.4, -0.2) is 19.9 Å². The Hall–Kier alpha value is -1.23. The third-order valence-electron chi connectivity index (χ3n) is 0.812. The normalized spacial score (nSPS) is 6.67. The molecule has 4 nitrogen and oxygen atoms in total. The molecular formula is C7H14N4S. The monoisotopic (exact) mass is 186 g/mol. The smallest absolute Gasteiger partial charge is 0.0919 e. The molecule has 2 heterocycles. The van der Waals surface area contributed by atoms with Gasteiger partial charge in [-0.25, -0.2) is 9.97 Å². The van der Waals surface area contributed by atoms with E-state index >= 15 is 0 Å². The van der Waals surface area contributed by atoms with Crippen LogP contribution in [0.3, 0.4) is 0 Å². The Morgan fingerprint density at radius 2 is 1.25 bits per heavy atom. The van der Waals surface area contributed by atoms with Crippen LogP contribution in [-0.2, 0) is 0 Å². The van der Waals surface area contributed by atoms with Crippen molar-refractivity contribution in [3.63, 3.8) is 0 Å². The van der Waals surface area contributed by atoms with Gasteiger partial charge in [0.05, 0.1) is 12.7 Å². The fourth-order valence-electron chi connectivity index (χ4n) is 0.430. The predicted octanol–water partition coefficient (Wildman–Crippen LogP) is 1.57. The molecule has 0 bridgehead atoms. The van der Waals surface area contributed by atoms with Crippen LogP contribution in [0.2, 0.25) is 0 Å². The molecule has 12 heavy (non-hydrogen) atoms. The third-order valence-corrected chi connectivity index (χ3v) is 0.812. The predicted molar refractivity (Wildman–Crippen MR) is 54.3 cm³/mol. The Labute approximate surface area is 78.9 Å². The molecule has 0 amide bonds. The maximum Gasteiger partial charge on any atom is 0.0919 e. The second-order valence-corrected chi connectivity index (χ2v) is 1.52. The first-order chi connectivity index (χ1) is 5.00. The zero-order chi connectivity index (χ0) is 7.07. The van der Waals surface area contributed by atoms with Crippen molar-refractivity contribution in [3.05, 3.63) is 37.4 Å². The van der Waals surface area contributed by atoms with Gasteiger partial charge in [0, 0.05) is 24.8 Å². The second-order valence-electron chi connectivity index (χ2n) is 1.52. The SMILES string of the molecule is C.S.c1c[nH]cn1.c1c[nH]cn1. The molecular weight excluding hydrogens is 172 g/mol. The maximum absolute atomic E-state index is 3.67. The minimum atomic E-state index is 0. The molecule has 0 saturated carbocycles. The number of nitrogens with one attached hydrogen (secondary N) is 2. The van der Waals surface area contributed by atoms with Crippen molar-refractivity contribution in [2.75, 3.05) is 0 Å². The Morgan fingerprint density at radius 3 is 1.33 bits per heavy atom. The first kappa shape index (κ1) is 13.4. The van der Waals surface area contributed by atoms with Gasteiger partial charge in [-0.05, 0) is 0 Å². The van der Waals surface area contributed by atoms with Crippen LogP contribution in [0.25, 0.3) is 0 Å². The van der Waals surface area contributed by atoms with Gasteiger partial charge >= 0.3 is 0 Å². The number of hydrogen-bond donors (Lipinski definition) is 2. The highest BCUT2D eigenvalue weighted by molar-refractivity contribution is 7.59. The van der Waals surface area contributed by atoms with Crippen molar-refractivity contribution >= 4 is 13.5 Å². The van der Waals surface area contributed by atoms with Gasteiger partial charge in [-0.15, -0.1) is 0 Å². The molecule has 0 aliphatic carbocycles. The Balaban J connectivity index is 0. The quantitative estimate of drug-likeness (QED) is 0.656. The van der Waals surface area contributed by atoms with Gasteiger partial charge in [0.1, 0.15) is 0 Å². The standard InChI is InChI=1S/2C3H4N2.CH4.H2S/c2*1-2-5-3-4-1;;/h2*1-3H,(H,4,5);1H4;1H2. The van der Waals surface area contributed by atoms with E-state index < -0.39 is 0 Å². The van der Waals surface area contributed by atoms with Gasteiger partial charge in [0.25, 0.3) is 0 Å². The molecule has 0 unspecified atom stereocenters. The van der Waals surface area contributed by atoms with Crippen LogP contribution in [0.5, 0.6) is 0 Å². The first-order valence-corrected chi connectivity index (χ1v) is 2.85. The summed E-state index contributed by atoms with van der Waals surface area (Å²) in [7, 11) is 0. The number of aromatic amines is 2. The van der Waals surface area contributed by atoms with Crippen LogP contribution < -0.4 is 0 Å². The Morgan fingerprint density at radius 1 is 0.833 bits per heavy atom. The van der Waals surface area contributed by atoms with Crippen LogP contribution >= 0.6 is 13.5 Å². The number of nitrogens with zero attached hydrogens (tertiary/aromatic N) is 2. The summed E-state index contributed by atoms with van der Waals surface area (Å²) in [5.41, 5.74) is 0. The fraction of sp³-hybridized carbons (Fsp3) is 0.143. The molecule has 0 aliphatic heterocycles. The number of rotatable bonds is 0. The minimum absolute atomic E-state index is 0. The summed E-state index contributed by atoms with van der Waals surface area (Å²) in [4.78, 5) is 12.8. The highest BCUT2D eigenvalue weighted by Crippen LogP contribution is 1.63. The molecule has 0 atom stereocenters. The van der Waals surface area contributed by atoms with Crippen LogP contribution in [0.4, 0.5) is 0 Å². The van der Waals surface area contributed by atoms with E-state index in [0.717, 1.165) is 0 Å². The first-order valence-electron chi connectivity index (χ1n) is 2.85. The molecule has 0 radical (unpaired) electrons. The lowest BCUT2D eigenvalue weighted by molar-refractivity contribution is 1.31. The minimum Gasteiger partial charge on any atom is -0.351 e. The van der Waals surface area contributed by atoms with E-state index in [4.69, 9.17) is 0 Å². The van der Waals surface area contributed by atoms with Crippen molar-refractivity contribution in [3.8, 4) is 0 Å². The largest absolute Gasteiger partial charge is 0.351 e. The van der Waals surface area contributed by atoms with Crippen molar-refractivity contribution in [2.24, 2.45) is 0 Å². The average Bonchev–Trinajstić information content (AvgIpc) is 2.67. The van der Waals surface area contributed by atoms with Gasteiger partial charge in [0.2, 0.25) is 0 Å². The number of hydrogen-bond acceptors (Lipinski definition) is 2. The summed E-state index contributed by atoms with van der Waals surface area (Å²) >= 11 is 0. The number of imidazole rings is 2. The zero-order valence-corrected chi connectivity index (χ0v) is 6.86. The van der Waals surface area contributed by atoms with E-state index in [1.165, 1.54) is 0 Å².